The smallest absolute Gasteiger partial charge is 0.238 e. The molecule has 0 saturated carbocycles. The van der Waals surface area contributed by atoms with E-state index in [-0.39, 0.29) is 24.0 Å². The second-order valence-electron chi connectivity index (χ2n) is 7.04. The highest BCUT2D eigenvalue weighted by Gasteiger charge is 2.20. The van der Waals surface area contributed by atoms with Crippen LogP contribution in [0.15, 0.2) is 36.4 Å². The monoisotopic (exact) mass is 389 g/mol. The average molecular weight is 389 g/mol. The van der Waals surface area contributed by atoms with Gasteiger partial charge in [0.25, 0.3) is 0 Å². The van der Waals surface area contributed by atoms with Crippen molar-refractivity contribution < 1.29 is 18.3 Å². The van der Waals surface area contributed by atoms with Gasteiger partial charge in [-0.25, -0.2) is 8.78 Å². The average Bonchev–Trinajstić information content (AvgIpc) is 2.66. The molecule has 0 aromatic heterocycles. The third-order valence-electron chi connectivity index (χ3n) is 4.87. The van der Waals surface area contributed by atoms with Gasteiger partial charge in [0.1, 0.15) is 17.4 Å². The lowest BCUT2D eigenvalue weighted by molar-refractivity contribution is -0.117. The lowest BCUT2D eigenvalue weighted by Gasteiger charge is -2.34. The lowest BCUT2D eigenvalue weighted by atomic mass is 10.1. The summed E-state index contributed by atoms with van der Waals surface area (Å²) in [4.78, 5) is 16.4. The molecule has 1 amide bonds. The summed E-state index contributed by atoms with van der Waals surface area (Å²) < 4.78 is 32.7. The number of hydrogen-bond donors (Lipinski definition) is 1. The quantitative estimate of drug-likeness (QED) is 0.825. The van der Waals surface area contributed by atoms with Crippen LogP contribution in [-0.2, 0) is 11.3 Å². The molecule has 1 aliphatic rings. The number of carbonyl (C=O) groups is 1. The second-order valence-corrected chi connectivity index (χ2v) is 7.04. The van der Waals surface area contributed by atoms with Gasteiger partial charge < -0.3 is 10.1 Å². The highest BCUT2D eigenvalue weighted by molar-refractivity contribution is 5.92. The molecule has 0 bridgehead atoms. The number of rotatable bonds is 6. The van der Waals surface area contributed by atoms with Gasteiger partial charge in [0.15, 0.2) is 0 Å². The zero-order valence-corrected chi connectivity index (χ0v) is 16.2. The number of piperazine rings is 1. The van der Waals surface area contributed by atoms with Crippen LogP contribution in [0, 0.1) is 18.6 Å². The largest absolute Gasteiger partial charge is 0.496 e. The predicted molar refractivity (Wildman–Crippen MR) is 104 cm³/mol. The summed E-state index contributed by atoms with van der Waals surface area (Å²) in [5.41, 5.74) is 1.82. The van der Waals surface area contributed by atoms with E-state index < -0.39 is 5.82 Å². The molecule has 150 valence electrons. The minimum absolute atomic E-state index is 0.201. The Kier molecular flexibility index (Phi) is 6.59. The number of ether oxygens (including phenoxy) is 1. The van der Waals surface area contributed by atoms with Crippen molar-refractivity contribution in [2.24, 2.45) is 0 Å². The van der Waals surface area contributed by atoms with Gasteiger partial charge in [0.2, 0.25) is 5.91 Å². The number of benzene rings is 2. The summed E-state index contributed by atoms with van der Waals surface area (Å²) in [6.07, 6.45) is 0. The molecule has 2 aromatic rings. The zero-order chi connectivity index (χ0) is 20.1. The maximum Gasteiger partial charge on any atom is 0.238 e. The third-order valence-corrected chi connectivity index (χ3v) is 4.87. The fourth-order valence-corrected chi connectivity index (χ4v) is 3.33. The Balaban J connectivity index is 1.49. The summed E-state index contributed by atoms with van der Waals surface area (Å²) in [6.45, 7) is 5.54. The van der Waals surface area contributed by atoms with Gasteiger partial charge >= 0.3 is 0 Å². The summed E-state index contributed by atoms with van der Waals surface area (Å²) in [5, 5.41) is 2.63. The minimum Gasteiger partial charge on any atom is -0.496 e. The van der Waals surface area contributed by atoms with Gasteiger partial charge in [-0.3, -0.25) is 14.6 Å². The Morgan fingerprint density at radius 1 is 1.07 bits per heavy atom. The Hall–Kier alpha value is -2.51. The molecule has 0 spiro atoms. The van der Waals surface area contributed by atoms with Gasteiger partial charge in [-0.2, -0.15) is 0 Å². The molecule has 0 atom stereocenters. The number of nitrogens with one attached hydrogen (secondary N) is 1. The van der Waals surface area contributed by atoms with Crippen LogP contribution in [0.25, 0.3) is 0 Å². The van der Waals surface area contributed by atoms with Crippen molar-refractivity contribution in [2.75, 3.05) is 45.2 Å². The van der Waals surface area contributed by atoms with Crippen molar-refractivity contribution in [1.82, 2.24) is 9.80 Å². The Bertz CT molecular complexity index is 836. The summed E-state index contributed by atoms with van der Waals surface area (Å²) >= 11 is 0. The molecule has 1 saturated heterocycles. The second kappa shape index (κ2) is 9.12. The van der Waals surface area contributed by atoms with Gasteiger partial charge in [0, 0.05) is 38.3 Å². The van der Waals surface area contributed by atoms with Crippen LogP contribution in [0.3, 0.4) is 0 Å². The molecule has 2 aromatic carbocycles. The number of nitrogens with zero attached hydrogens (tertiary/aromatic N) is 2. The van der Waals surface area contributed by atoms with Crippen LogP contribution >= 0.6 is 0 Å². The molecule has 7 heteroatoms. The number of carbonyl (C=O) groups excluding carboxylic acids is 1. The van der Waals surface area contributed by atoms with Crippen molar-refractivity contribution >= 4 is 11.6 Å². The van der Waals surface area contributed by atoms with E-state index in [1.165, 1.54) is 18.2 Å². The number of anilines is 1. The molecule has 1 fully saturated rings. The minimum atomic E-state index is -0.429. The molecular weight excluding hydrogens is 364 g/mol. The van der Waals surface area contributed by atoms with E-state index in [1.807, 2.05) is 4.90 Å². The Morgan fingerprint density at radius 2 is 1.79 bits per heavy atom. The van der Waals surface area contributed by atoms with Crippen molar-refractivity contribution in [3.05, 3.63) is 59.2 Å². The molecule has 1 N–H and O–H groups in total. The topological polar surface area (TPSA) is 44.8 Å². The normalized spacial score (nSPS) is 15.4. The highest BCUT2D eigenvalue weighted by Crippen LogP contribution is 2.22. The van der Waals surface area contributed by atoms with E-state index in [0.717, 1.165) is 24.2 Å². The first-order valence-corrected chi connectivity index (χ1v) is 9.28. The first-order valence-electron chi connectivity index (χ1n) is 9.28. The van der Waals surface area contributed by atoms with Crippen LogP contribution in [0.1, 0.15) is 11.1 Å². The molecule has 3 rings (SSSR count). The molecule has 0 aliphatic carbocycles. The fourth-order valence-electron chi connectivity index (χ4n) is 3.33. The first-order chi connectivity index (χ1) is 13.4. The van der Waals surface area contributed by atoms with E-state index in [0.29, 0.717) is 25.4 Å². The fraction of sp³-hybridized carbons (Fsp3) is 0.381. The molecule has 1 aliphatic heterocycles. The van der Waals surface area contributed by atoms with Gasteiger partial charge in [-0.1, -0.05) is 6.07 Å². The van der Waals surface area contributed by atoms with Gasteiger partial charge in [-0.05, 0) is 42.8 Å². The number of methoxy groups -OCH3 is 1. The lowest BCUT2D eigenvalue weighted by Crippen LogP contribution is -2.48. The maximum atomic E-state index is 13.9. The van der Waals surface area contributed by atoms with Crippen molar-refractivity contribution in [3.63, 3.8) is 0 Å². The van der Waals surface area contributed by atoms with Crippen LogP contribution in [0.2, 0.25) is 0 Å². The van der Waals surface area contributed by atoms with Gasteiger partial charge in [-0.15, -0.1) is 0 Å². The van der Waals surface area contributed by atoms with Crippen LogP contribution in [0.4, 0.5) is 14.5 Å². The molecule has 1 heterocycles. The van der Waals surface area contributed by atoms with E-state index in [2.05, 4.69) is 10.2 Å². The molecule has 28 heavy (non-hydrogen) atoms. The van der Waals surface area contributed by atoms with E-state index in [9.17, 15) is 13.6 Å². The van der Waals surface area contributed by atoms with Crippen LogP contribution in [-0.4, -0.2) is 55.5 Å². The SMILES string of the molecule is COc1ccc(F)cc1CN1CCN(CC(=O)Nc2ccc(C)cc2F)CC1. The molecular formula is C21H25F2N3O2. The third kappa shape index (κ3) is 5.27. The zero-order valence-electron chi connectivity index (χ0n) is 16.2. The number of aryl methyl sites for hydroxylation is 1. The highest BCUT2D eigenvalue weighted by atomic mass is 19.1. The standard InChI is InChI=1S/C21H25F2N3O2/c1-15-3-5-19(18(23)11-15)24-21(27)14-26-9-7-25(8-10-26)13-16-12-17(22)4-6-20(16)28-2/h3-6,11-12H,7-10,13-14H2,1-2H3,(H,24,27). The van der Waals surface area contributed by atoms with Crippen molar-refractivity contribution in [1.29, 1.82) is 0 Å². The summed E-state index contributed by atoms with van der Waals surface area (Å²) in [6, 6.07) is 9.25. The molecule has 5 nitrogen and oxygen atoms in total. The van der Waals surface area contributed by atoms with Crippen molar-refractivity contribution in [3.8, 4) is 5.75 Å². The summed E-state index contributed by atoms with van der Waals surface area (Å²) in [5.74, 6) is -0.275. The number of halogens is 2. The predicted octanol–water partition coefficient (Wildman–Crippen LogP) is 3.04. The van der Waals surface area contributed by atoms with E-state index in [4.69, 9.17) is 4.74 Å². The van der Waals surface area contributed by atoms with Crippen molar-refractivity contribution in [2.45, 2.75) is 13.5 Å². The van der Waals surface area contributed by atoms with E-state index >= 15 is 0 Å². The Labute approximate surface area is 163 Å². The molecule has 0 unspecified atom stereocenters. The Morgan fingerprint density at radius 3 is 2.46 bits per heavy atom. The first kappa shape index (κ1) is 20.2. The van der Waals surface area contributed by atoms with E-state index in [1.54, 1.807) is 32.2 Å². The van der Waals surface area contributed by atoms with Crippen LogP contribution in [0.5, 0.6) is 5.75 Å². The number of hydrogen-bond acceptors (Lipinski definition) is 4. The van der Waals surface area contributed by atoms with Gasteiger partial charge in [0.05, 0.1) is 19.3 Å². The van der Waals surface area contributed by atoms with Crippen LogP contribution < -0.4 is 10.1 Å². The molecule has 0 radical (unpaired) electrons. The maximum absolute atomic E-state index is 13.9. The summed E-state index contributed by atoms with van der Waals surface area (Å²) in [7, 11) is 1.57. The number of amides is 1.